The molecular formula is C24H34ClN5O4. The second-order valence-electron chi connectivity index (χ2n) is 9.23. The molecule has 186 valence electrons. The van der Waals surface area contributed by atoms with Crippen molar-refractivity contribution in [3.8, 4) is 5.69 Å². The summed E-state index contributed by atoms with van der Waals surface area (Å²) < 4.78 is 8.61. The molecule has 0 spiro atoms. The second-order valence-corrected chi connectivity index (χ2v) is 9.64. The standard InChI is InChI=1S/C24H34ClN5O4/c1-16-28-30(24(33)29(16)11-6-12-34-19-14-26-15-19)18-9-10-21(25)20(13-18)23(32)27-22(31)17-7-4-2-3-5-8-17/h9-10,13,17,19,22,26,31H,2-8,11-12,14-15H2,1H3,(H,27,32). The summed E-state index contributed by atoms with van der Waals surface area (Å²) in [5.41, 5.74) is 0.366. The maximum absolute atomic E-state index is 13.0. The summed E-state index contributed by atoms with van der Waals surface area (Å²) in [5, 5.41) is 21.1. The van der Waals surface area contributed by atoms with E-state index < -0.39 is 12.1 Å². The molecule has 1 aromatic heterocycles. The molecule has 2 fully saturated rings. The Hall–Kier alpha value is -2.20. The molecule has 2 heterocycles. The number of hydrogen-bond donors (Lipinski definition) is 3. The van der Waals surface area contributed by atoms with Crippen LogP contribution >= 0.6 is 11.6 Å². The highest BCUT2D eigenvalue weighted by atomic mass is 35.5. The molecule has 0 bridgehead atoms. The predicted octanol–water partition coefficient (Wildman–Crippen LogP) is 2.39. The van der Waals surface area contributed by atoms with E-state index in [0.29, 0.717) is 31.1 Å². The van der Waals surface area contributed by atoms with Crippen molar-refractivity contribution in [2.24, 2.45) is 5.92 Å². The quantitative estimate of drug-likeness (QED) is 0.282. The van der Waals surface area contributed by atoms with Gasteiger partial charge in [-0.05, 0) is 44.4 Å². The molecule has 1 aliphatic carbocycles. The highest BCUT2D eigenvalue weighted by Gasteiger charge is 2.24. The number of amides is 1. The molecule has 0 radical (unpaired) electrons. The van der Waals surface area contributed by atoms with Gasteiger partial charge in [-0.25, -0.2) is 4.79 Å². The number of benzene rings is 1. The minimum absolute atomic E-state index is 0.0407. The first-order valence-corrected chi connectivity index (χ1v) is 12.6. The average Bonchev–Trinajstić information content (AvgIpc) is 2.97. The van der Waals surface area contributed by atoms with E-state index in [1.54, 1.807) is 29.7 Å². The van der Waals surface area contributed by atoms with E-state index in [1.165, 1.54) is 4.68 Å². The fourth-order valence-corrected chi connectivity index (χ4v) is 4.75. The Morgan fingerprint density at radius 3 is 2.71 bits per heavy atom. The number of aromatic nitrogens is 3. The summed E-state index contributed by atoms with van der Waals surface area (Å²) in [6.07, 6.45) is 6.27. The van der Waals surface area contributed by atoms with Crippen molar-refractivity contribution in [2.75, 3.05) is 19.7 Å². The topological polar surface area (TPSA) is 110 Å². The van der Waals surface area contributed by atoms with Gasteiger partial charge in [0.25, 0.3) is 5.91 Å². The van der Waals surface area contributed by atoms with E-state index in [9.17, 15) is 14.7 Å². The normalized spacial score (nSPS) is 18.3. The van der Waals surface area contributed by atoms with E-state index in [2.05, 4.69) is 15.7 Å². The van der Waals surface area contributed by atoms with Gasteiger partial charge < -0.3 is 20.5 Å². The molecule has 10 heteroatoms. The molecule has 1 amide bonds. The molecule has 1 atom stereocenters. The molecule has 3 N–H and O–H groups in total. The van der Waals surface area contributed by atoms with Crippen LogP contribution in [-0.4, -0.2) is 57.4 Å². The first-order valence-electron chi connectivity index (χ1n) is 12.2. The number of aryl methyl sites for hydroxylation is 1. The number of rotatable bonds is 9. The lowest BCUT2D eigenvalue weighted by Crippen LogP contribution is -2.48. The van der Waals surface area contributed by atoms with Crippen LogP contribution in [0.2, 0.25) is 5.02 Å². The summed E-state index contributed by atoms with van der Waals surface area (Å²) in [5.74, 6) is 0.161. The number of hydrogen-bond acceptors (Lipinski definition) is 6. The Morgan fingerprint density at radius 2 is 2.03 bits per heavy atom. The molecule has 2 aromatic rings. The van der Waals surface area contributed by atoms with Gasteiger partial charge in [-0.15, -0.1) is 0 Å². The zero-order chi connectivity index (χ0) is 24.1. The largest absolute Gasteiger partial charge is 0.376 e. The van der Waals surface area contributed by atoms with Crippen LogP contribution in [-0.2, 0) is 11.3 Å². The Kier molecular flexibility index (Phi) is 8.41. The zero-order valence-corrected chi connectivity index (χ0v) is 20.4. The molecular weight excluding hydrogens is 458 g/mol. The van der Waals surface area contributed by atoms with Crippen LogP contribution in [0.3, 0.4) is 0 Å². The van der Waals surface area contributed by atoms with Gasteiger partial charge in [0.05, 0.1) is 22.4 Å². The monoisotopic (exact) mass is 491 g/mol. The zero-order valence-electron chi connectivity index (χ0n) is 19.6. The van der Waals surface area contributed by atoms with Crippen LogP contribution in [0, 0.1) is 12.8 Å². The van der Waals surface area contributed by atoms with Gasteiger partial charge in [0.2, 0.25) is 0 Å². The van der Waals surface area contributed by atoms with Gasteiger partial charge in [-0.1, -0.05) is 37.3 Å². The van der Waals surface area contributed by atoms with Crippen LogP contribution in [0.15, 0.2) is 23.0 Å². The smallest absolute Gasteiger partial charge is 0.350 e. The number of aliphatic hydroxyl groups excluding tert-OH is 1. The number of nitrogens with one attached hydrogen (secondary N) is 2. The Bertz CT molecular complexity index is 1040. The summed E-state index contributed by atoms with van der Waals surface area (Å²) in [6.45, 7) is 4.61. The van der Waals surface area contributed by atoms with Gasteiger partial charge in [0.1, 0.15) is 12.1 Å². The Balaban J connectivity index is 1.44. The van der Waals surface area contributed by atoms with Gasteiger partial charge >= 0.3 is 5.69 Å². The molecule has 1 unspecified atom stereocenters. The molecule has 1 saturated carbocycles. The summed E-state index contributed by atoms with van der Waals surface area (Å²) in [6, 6.07) is 4.78. The van der Waals surface area contributed by atoms with E-state index >= 15 is 0 Å². The Morgan fingerprint density at radius 1 is 1.29 bits per heavy atom. The number of aliphatic hydroxyl groups is 1. The van der Waals surface area contributed by atoms with Crippen molar-refractivity contribution in [1.82, 2.24) is 25.0 Å². The predicted molar refractivity (Wildman–Crippen MR) is 129 cm³/mol. The summed E-state index contributed by atoms with van der Waals surface area (Å²) >= 11 is 6.30. The number of ether oxygens (including phenoxy) is 1. The van der Waals surface area contributed by atoms with Gasteiger partial charge in [0.15, 0.2) is 0 Å². The maximum atomic E-state index is 13.0. The second kappa shape index (κ2) is 11.5. The molecule has 2 aliphatic rings. The molecule has 1 saturated heterocycles. The number of carbonyl (C=O) groups is 1. The number of halogens is 1. The van der Waals surface area contributed by atoms with Crippen molar-refractivity contribution in [1.29, 1.82) is 0 Å². The van der Waals surface area contributed by atoms with Crippen LogP contribution in [0.4, 0.5) is 0 Å². The lowest BCUT2D eigenvalue weighted by molar-refractivity contribution is 0.0163. The summed E-state index contributed by atoms with van der Waals surface area (Å²) in [4.78, 5) is 25.9. The third-order valence-electron chi connectivity index (χ3n) is 6.74. The summed E-state index contributed by atoms with van der Waals surface area (Å²) in [7, 11) is 0. The SMILES string of the molecule is Cc1nn(-c2ccc(Cl)c(C(=O)NC(O)C3CCCCCC3)c2)c(=O)n1CCCOC1CNC1. The van der Waals surface area contributed by atoms with E-state index in [0.717, 1.165) is 51.6 Å². The molecule has 34 heavy (non-hydrogen) atoms. The van der Waals surface area contributed by atoms with Crippen LogP contribution in [0.25, 0.3) is 5.69 Å². The van der Waals surface area contributed by atoms with Gasteiger partial charge in [-0.3, -0.25) is 9.36 Å². The number of nitrogens with zero attached hydrogens (tertiary/aromatic N) is 3. The highest BCUT2D eigenvalue weighted by molar-refractivity contribution is 6.33. The van der Waals surface area contributed by atoms with Crippen LogP contribution in [0.1, 0.15) is 61.1 Å². The van der Waals surface area contributed by atoms with Crippen molar-refractivity contribution < 1.29 is 14.6 Å². The Labute approximate surface area is 204 Å². The average molecular weight is 492 g/mol. The lowest BCUT2D eigenvalue weighted by Gasteiger charge is -2.27. The van der Waals surface area contributed by atoms with Crippen LogP contribution in [0.5, 0.6) is 0 Å². The van der Waals surface area contributed by atoms with E-state index in [1.807, 2.05) is 0 Å². The molecule has 1 aliphatic heterocycles. The van der Waals surface area contributed by atoms with E-state index in [-0.39, 0.29) is 28.3 Å². The third-order valence-corrected chi connectivity index (χ3v) is 7.07. The minimum atomic E-state index is -0.924. The maximum Gasteiger partial charge on any atom is 0.350 e. The minimum Gasteiger partial charge on any atom is -0.376 e. The van der Waals surface area contributed by atoms with Crippen molar-refractivity contribution in [3.05, 3.63) is 45.1 Å². The lowest BCUT2D eigenvalue weighted by atomic mass is 9.98. The molecule has 1 aromatic carbocycles. The fraction of sp³-hybridized carbons (Fsp3) is 0.625. The molecule has 9 nitrogen and oxygen atoms in total. The highest BCUT2D eigenvalue weighted by Crippen LogP contribution is 2.25. The molecule has 4 rings (SSSR count). The van der Waals surface area contributed by atoms with Crippen molar-refractivity contribution in [2.45, 2.75) is 70.7 Å². The van der Waals surface area contributed by atoms with Crippen LogP contribution < -0.4 is 16.3 Å². The first-order chi connectivity index (χ1) is 16.4. The third kappa shape index (κ3) is 5.89. The van der Waals surface area contributed by atoms with Gasteiger partial charge in [0, 0.05) is 32.2 Å². The van der Waals surface area contributed by atoms with Crippen molar-refractivity contribution in [3.63, 3.8) is 0 Å². The first kappa shape index (κ1) is 24.9. The fourth-order valence-electron chi connectivity index (χ4n) is 4.55. The van der Waals surface area contributed by atoms with E-state index in [4.69, 9.17) is 16.3 Å². The number of carbonyl (C=O) groups excluding carboxylic acids is 1. The van der Waals surface area contributed by atoms with Crippen molar-refractivity contribution >= 4 is 17.5 Å². The van der Waals surface area contributed by atoms with Gasteiger partial charge in [-0.2, -0.15) is 9.78 Å².